The highest BCUT2D eigenvalue weighted by Crippen LogP contribution is 2.21. The van der Waals surface area contributed by atoms with Crippen LogP contribution in [-0.4, -0.2) is 37.6 Å². The highest BCUT2D eigenvalue weighted by molar-refractivity contribution is 7.17. The Morgan fingerprint density at radius 1 is 1.32 bits per heavy atom. The predicted octanol–water partition coefficient (Wildman–Crippen LogP) is 2.26. The van der Waals surface area contributed by atoms with Gasteiger partial charge in [-0.15, -0.1) is 11.3 Å². The molecule has 0 radical (unpaired) electrons. The van der Waals surface area contributed by atoms with Crippen molar-refractivity contribution in [2.45, 2.75) is 26.3 Å². The van der Waals surface area contributed by atoms with Crippen molar-refractivity contribution in [1.29, 1.82) is 0 Å². The SMILES string of the molecule is COC(=O)C(CC(C)C)NC(=O)COC(=O)c1ccc(Cl)s1. The summed E-state index contributed by atoms with van der Waals surface area (Å²) in [5.74, 6) is -1.53. The summed E-state index contributed by atoms with van der Waals surface area (Å²) in [5.41, 5.74) is 0. The summed E-state index contributed by atoms with van der Waals surface area (Å²) in [6.45, 7) is 3.37. The van der Waals surface area contributed by atoms with E-state index >= 15 is 0 Å². The molecule has 0 saturated heterocycles. The quantitative estimate of drug-likeness (QED) is 0.765. The van der Waals surface area contributed by atoms with Crippen molar-refractivity contribution in [3.8, 4) is 0 Å². The number of nitrogens with one attached hydrogen (secondary N) is 1. The van der Waals surface area contributed by atoms with Gasteiger partial charge in [0.25, 0.3) is 5.91 Å². The Morgan fingerprint density at radius 2 is 2.00 bits per heavy atom. The third-order valence-corrected chi connectivity index (χ3v) is 3.85. The van der Waals surface area contributed by atoms with E-state index in [4.69, 9.17) is 16.3 Å². The van der Waals surface area contributed by atoms with Gasteiger partial charge in [-0.05, 0) is 24.5 Å². The standard InChI is InChI=1S/C14H18ClNO5S/c1-8(2)6-9(13(18)20-3)16-12(17)7-21-14(19)10-4-5-11(15)22-10/h4-5,8-9H,6-7H2,1-3H3,(H,16,17). The van der Waals surface area contributed by atoms with E-state index in [1.165, 1.54) is 13.2 Å². The first-order valence-electron chi connectivity index (χ1n) is 6.63. The molecule has 6 nitrogen and oxygen atoms in total. The molecule has 8 heteroatoms. The molecule has 0 aliphatic carbocycles. The largest absolute Gasteiger partial charge is 0.467 e. The molecule has 0 aliphatic heterocycles. The van der Waals surface area contributed by atoms with Crippen molar-refractivity contribution >= 4 is 40.8 Å². The lowest BCUT2D eigenvalue weighted by Crippen LogP contribution is -2.44. The number of amides is 1. The van der Waals surface area contributed by atoms with Gasteiger partial charge < -0.3 is 14.8 Å². The van der Waals surface area contributed by atoms with E-state index in [0.717, 1.165) is 11.3 Å². The third-order valence-electron chi connectivity index (χ3n) is 2.64. The summed E-state index contributed by atoms with van der Waals surface area (Å²) in [7, 11) is 1.25. The maximum Gasteiger partial charge on any atom is 0.348 e. The van der Waals surface area contributed by atoms with Crippen LogP contribution in [0.15, 0.2) is 12.1 Å². The minimum absolute atomic E-state index is 0.195. The molecule has 1 heterocycles. The molecule has 1 rings (SSSR count). The Kier molecular flexibility index (Phi) is 7.34. The highest BCUT2D eigenvalue weighted by atomic mass is 35.5. The molecule has 1 N–H and O–H groups in total. The first kappa shape index (κ1) is 18.4. The average molecular weight is 348 g/mol. The van der Waals surface area contributed by atoms with Gasteiger partial charge in [-0.25, -0.2) is 9.59 Å². The van der Waals surface area contributed by atoms with Crippen LogP contribution in [0.25, 0.3) is 0 Å². The molecule has 1 aromatic rings. The number of halogens is 1. The Balaban J connectivity index is 2.49. The molecule has 1 amide bonds. The number of methoxy groups -OCH3 is 1. The Morgan fingerprint density at radius 3 is 2.50 bits per heavy atom. The maximum atomic E-state index is 11.8. The first-order valence-corrected chi connectivity index (χ1v) is 7.82. The Hall–Kier alpha value is -1.60. The van der Waals surface area contributed by atoms with Crippen LogP contribution in [0.5, 0.6) is 0 Å². The van der Waals surface area contributed by atoms with Crippen LogP contribution < -0.4 is 5.32 Å². The fraction of sp³-hybridized carbons (Fsp3) is 0.500. The molecule has 1 atom stereocenters. The number of carbonyl (C=O) groups is 3. The fourth-order valence-electron chi connectivity index (χ4n) is 1.69. The maximum absolute atomic E-state index is 11.8. The molecule has 122 valence electrons. The molecule has 1 aromatic heterocycles. The van der Waals surface area contributed by atoms with E-state index < -0.39 is 30.5 Å². The van der Waals surface area contributed by atoms with E-state index in [-0.39, 0.29) is 5.92 Å². The van der Waals surface area contributed by atoms with Crippen LogP contribution in [-0.2, 0) is 19.1 Å². The lowest BCUT2D eigenvalue weighted by atomic mass is 10.0. The monoisotopic (exact) mass is 347 g/mol. The van der Waals surface area contributed by atoms with Crippen molar-refractivity contribution in [1.82, 2.24) is 5.32 Å². The number of thiophene rings is 1. The fourth-order valence-corrected chi connectivity index (χ4v) is 2.63. The van der Waals surface area contributed by atoms with E-state index in [9.17, 15) is 14.4 Å². The normalized spacial score (nSPS) is 11.9. The third kappa shape index (κ3) is 6.03. The van der Waals surface area contributed by atoms with Crippen LogP contribution in [0, 0.1) is 5.92 Å². The smallest absolute Gasteiger partial charge is 0.348 e. The lowest BCUT2D eigenvalue weighted by Gasteiger charge is -2.18. The summed E-state index contributed by atoms with van der Waals surface area (Å²) < 4.78 is 9.97. The van der Waals surface area contributed by atoms with Gasteiger partial charge in [-0.1, -0.05) is 25.4 Å². The minimum Gasteiger partial charge on any atom is -0.467 e. The first-order chi connectivity index (χ1) is 10.3. The van der Waals surface area contributed by atoms with Crippen molar-refractivity contribution in [2.75, 3.05) is 13.7 Å². The van der Waals surface area contributed by atoms with Gasteiger partial charge in [-0.2, -0.15) is 0 Å². The van der Waals surface area contributed by atoms with Crippen LogP contribution in [0.4, 0.5) is 0 Å². The van der Waals surface area contributed by atoms with Gasteiger partial charge in [0.15, 0.2) is 6.61 Å². The number of esters is 2. The van der Waals surface area contributed by atoms with Crippen molar-refractivity contribution in [2.24, 2.45) is 5.92 Å². The summed E-state index contributed by atoms with van der Waals surface area (Å²) in [6, 6.07) is 2.33. The van der Waals surface area contributed by atoms with Crippen LogP contribution in [0.1, 0.15) is 29.9 Å². The van der Waals surface area contributed by atoms with Crippen LogP contribution in [0.3, 0.4) is 0 Å². The van der Waals surface area contributed by atoms with Crippen molar-refractivity contribution in [3.05, 3.63) is 21.3 Å². The molecular weight excluding hydrogens is 330 g/mol. The molecule has 0 aliphatic rings. The average Bonchev–Trinajstić information content (AvgIpc) is 2.89. The molecule has 1 unspecified atom stereocenters. The summed E-state index contributed by atoms with van der Waals surface area (Å²) in [5, 5.41) is 2.50. The summed E-state index contributed by atoms with van der Waals surface area (Å²) in [6.07, 6.45) is 0.437. The molecular formula is C14H18ClNO5S. The zero-order chi connectivity index (χ0) is 16.7. The molecule has 0 fully saturated rings. The van der Waals surface area contributed by atoms with Gasteiger partial charge in [0.05, 0.1) is 11.4 Å². The summed E-state index contributed by atoms with van der Waals surface area (Å²) in [4.78, 5) is 35.3. The molecule has 0 saturated carbocycles. The summed E-state index contributed by atoms with van der Waals surface area (Å²) >= 11 is 6.78. The van der Waals surface area contributed by atoms with E-state index in [2.05, 4.69) is 10.1 Å². The highest BCUT2D eigenvalue weighted by Gasteiger charge is 2.23. The topological polar surface area (TPSA) is 81.7 Å². The zero-order valence-electron chi connectivity index (χ0n) is 12.6. The number of hydrogen-bond acceptors (Lipinski definition) is 6. The van der Waals surface area contributed by atoms with Crippen LogP contribution >= 0.6 is 22.9 Å². The molecule has 22 heavy (non-hydrogen) atoms. The molecule has 0 aromatic carbocycles. The van der Waals surface area contributed by atoms with Gasteiger partial charge in [0.2, 0.25) is 0 Å². The van der Waals surface area contributed by atoms with Gasteiger partial charge in [0.1, 0.15) is 10.9 Å². The van der Waals surface area contributed by atoms with Crippen molar-refractivity contribution in [3.63, 3.8) is 0 Å². The predicted molar refractivity (Wildman–Crippen MR) is 83.0 cm³/mol. The number of rotatable bonds is 7. The van der Waals surface area contributed by atoms with Gasteiger partial charge >= 0.3 is 11.9 Å². The van der Waals surface area contributed by atoms with E-state index in [0.29, 0.717) is 15.6 Å². The van der Waals surface area contributed by atoms with E-state index in [1.54, 1.807) is 6.07 Å². The lowest BCUT2D eigenvalue weighted by molar-refractivity contribution is -0.145. The second kappa shape index (κ2) is 8.75. The zero-order valence-corrected chi connectivity index (χ0v) is 14.1. The van der Waals surface area contributed by atoms with E-state index in [1.807, 2.05) is 13.8 Å². The van der Waals surface area contributed by atoms with Gasteiger partial charge in [0, 0.05) is 0 Å². The number of carbonyl (C=O) groups excluding carboxylic acids is 3. The Labute approximate surface area is 137 Å². The second-order valence-electron chi connectivity index (χ2n) is 4.95. The second-order valence-corrected chi connectivity index (χ2v) is 6.67. The number of ether oxygens (including phenoxy) is 2. The molecule has 0 spiro atoms. The van der Waals surface area contributed by atoms with Crippen LogP contribution in [0.2, 0.25) is 4.34 Å². The minimum atomic E-state index is -0.757. The Bertz CT molecular complexity index is 543. The number of hydrogen-bond donors (Lipinski definition) is 1. The van der Waals surface area contributed by atoms with Crippen molar-refractivity contribution < 1.29 is 23.9 Å². The molecule has 0 bridgehead atoms. The van der Waals surface area contributed by atoms with Gasteiger partial charge in [-0.3, -0.25) is 4.79 Å².